The molecular weight excluding hydrogens is 1410 g/mol. The van der Waals surface area contributed by atoms with Crippen molar-refractivity contribution in [2.45, 2.75) is 311 Å². The van der Waals surface area contributed by atoms with Crippen molar-refractivity contribution in [2.24, 2.45) is 0 Å². The summed E-state index contributed by atoms with van der Waals surface area (Å²) in [5.41, 5.74) is 0. The standard InChI is InChI=1S/C58H98N2O43/c1-12-25(69)30(74)37(81)53(87-12)98-45-22(11-66)94-52(24(60-16(5)68)47(45)101-58-49(33(77)28(72)17(6-61)92-58)103-55-39(83)32(76)27(71)14(3)89-55)102-48-29(73)18(7-62)91-57(41(48)85)99-44-21(10-65)93-51(23(59-15(4)67)46(44)100-54-38(82)31(75)26(70)13(2)88-54)96-43-20(9-64)95-56(40(84)35(43)79)97-42-19(8-63)90-50(86)36(80)34(42)78/h12-14,17-58,61-66,69-86H,6-11H2,1-5H3,(H,59,67)(H,60,68). The van der Waals surface area contributed by atoms with Gasteiger partial charge in [-0.05, 0) is 20.8 Å². The number of aliphatic hydroxyl groups excluding tert-OH is 24. The van der Waals surface area contributed by atoms with Gasteiger partial charge < -0.3 is 214 Å². The van der Waals surface area contributed by atoms with Crippen LogP contribution >= 0.6 is 0 Å². The molecule has 2 amide bonds. The SMILES string of the molecule is CC(=O)NC1C(OC2C(CO)OC(OC3C(CO)OC(O)C(O)C3O)C(O)C2O)OC(CO)C(OC2OC(CO)C(O)C(OC3OC(CO)C(OC4OC(C)C(O)C(O)C4O)C(OC4OC(CO)C(O)C(O)C4OC4OC(C)C(O)C(O)C4O)C3NC(C)=O)C2O)C1OC1OC(C)C(O)C(O)C1O. The molecule has 0 aromatic heterocycles. The van der Waals surface area contributed by atoms with E-state index in [2.05, 4.69) is 10.6 Å². The van der Waals surface area contributed by atoms with Crippen molar-refractivity contribution in [3.63, 3.8) is 0 Å². The first-order valence-corrected chi connectivity index (χ1v) is 33.2. The average Bonchev–Trinajstić information content (AvgIpc) is 0.760. The van der Waals surface area contributed by atoms with Gasteiger partial charge in [-0.1, -0.05) is 0 Å². The Balaban J connectivity index is 1.06. The fourth-order valence-electron chi connectivity index (χ4n) is 13.6. The van der Waals surface area contributed by atoms with Crippen molar-refractivity contribution in [1.29, 1.82) is 0 Å². The summed E-state index contributed by atoms with van der Waals surface area (Å²) in [5, 5.41) is 269. The number of rotatable bonds is 24. The third kappa shape index (κ3) is 17.9. The van der Waals surface area contributed by atoms with E-state index in [0.29, 0.717) is 0 Å². The summed E-state index contributed by atoms with van der Waals surface area (Å²) in [6.45, 7) is -1.10. The van der Waals surface area contributed by atoms with E-state index in [1.54, 1.807) is 0 Å². The molecular formula is C58H98N2O43. The molecule has 0 spiro atoms. The lowest BCUT2D eigenvalue weighted by atomic mass is 9.93. The second-order valence-electron chi connectivity index (χ2n) is 26.6. The predicted octanol–water partition coefficient (Wildman–Crippen LogP) is -17.3. The number of carbonyl (C=O) groups excluding carboxylic acids is 2. The average molecular weight is 1510 g/mol. The van der Waals surface area contributed by atoms with E-state index in [4.69, 9.17) is 80.5 Å². The van der Waals surface area contributed by atoms with Gasteiger partial charge in [0.05, 0.1) is 58.0 Å². The first-order valence-electron chi connectivity index (χ1n) is 33.2. The Kier molecular flexibility index (Phi) is 29.5. The van der Waals surface area contributed by atoms with Crippen LogP contribution in [0.5, 0.6) is 0 Å². The Morgan fingerprint density at radius 3 is 0.942 bits per heavy atom. The Bertz CT molecular complexity index is 2660. The molecule has 598 valence electrons. The molecule has 9 rings (SSSR count). The van der Waals surface area contributed by atoms with Crippen LogP contribution in [0.1, 0.15) is 34.6 Å². The van der Waals surface area contributed by atoms with Crippen LogP contribution in [0.4, 0.5) is 0 Å². The van der Waals surface area contributed by atoms with Crippen molar-refractivity contribution in [1.82, 2.24) is 10.6 Å². The topological polar surface area (TPSA) is 701 Å². The maximum atomic E-state index is 13.6. The van der Waals surface area contributed by atoms with Crippen LogP contribution in [0.15, 0.2) is 0 Å². The fourth-order valence-corrected chi connectivity index (χ4v) is 13.6. The predicted molar refractivity (Wildman–Crippen MR) is 316 cm³/mol. The summed E-state index contributed by atoms with van der Waals surface area (Å²) < 4.78 is 102. The van der Waals surface area contributed by atoms with Gasteiger partial charge in [0, 0.05) is 13.8 Å². The van der Waals surface area contributed by atoms with Gasteiger partial charge >= 0.3 is 0 Å². The summed E-state index contributed by atoms with van der Waals surface area (Å²) in [6, 6.07) is -4.01. The molecule has 9 aliphatic heterocycles. The maximum Gasteiger partial charge on any atom is 0.217 e. The van der Waals surface area contributed by atoms with Crippen LogP contribution in [0.3, 0.4) is 0 Å². The van der Waals surface area contributed by atoms with Crippen molar-refractivity contribution in [3.05, 3.63) is 0 Å². The smallest absolute Gasteiger partial charge is 0.217 e. The highest BCUT2D eigenvalue weighted by molar-refractivity contribution is 5.73. The zero-order valence-corrected chi connectivity index (χ0v) is 55.7. The van der Waals surface area contributed by atoms with E-state index < -0.39 is 328 Å². The molecule has 45 unspecified atom stereocenters. The minimum atomic E-state index is -2.49. The minimum Gasteiger partial charge on any atom is -0.394 e. The van der Waals surface area contributed by atoms with E-state index in [9.17, 15) is 132 Å². The molecule has 0 aromatic carbocycles. The summed E-state index contributed by atoms with van der Waals surface area (Å²) in [5.74, 6) is -1.97. The number of nitrogens with one attached hydrogen (secondary N) is 2. The molecule has 0 bridgehead atoms. The first kappa shape index (κ1) is 84.3. The lowest BCUT2D eigenvalue weighted by molar-refractivity contribution is -0.403. The molecule has 45 atom stereocenters. The zero-order chi connectivity index (χ0) is 75.8. The second kappa shape index (κ2) is 36.0. The van der Waals surface area contributed by atoms with Gasteiger partial charge in [0.25, 0.3) is 0 Å². The summed E-state index contributed by atoms with van der Waals surface area (Å²) in [7, 11) is 0. The highest BCUT2D eigenvalue weighted by Gasteiger charge is 2.62. The molecule has 0 aliphatic carbocycles. The van der Waals surface area contributed by atoms with E-state index in [0.717, 1.165) is 13.8 Å². The summed E-state index contributed by atoms with van der Waals surface area (Å²) in [4.78, 5) is 26.9. The third-order valence-corrected chi connectivity index (χ3v) is 19.5. The first-order chi connectivity index (χ1) is 48.6. The minimum absolute atomic E-state index is 0.931. The molecule has 0 saturated carbocycles. The zero-order valence-electron chi connectivity index (χ0n) is 55.7. The Morgan fingerprint density at radius 2 is 0.524 bits per heavy atom. The van der Waals surface area contributed by atoms with E-state index in [-0.39, 0.29) is 0 Å². The van der Waals surface area contributed by atoms with Crippen molar-refractivity contribution in [2.75, 3.05) is 39.6 Å². The normalized spacial score (nSPS) is 52.3. The largest absolute Gasteiger partial charge is 0.394 e. The molecule has 9 aliphatic rings. The van der Waals surface area contributed by atoms with Crippen LogP contribution in [0, 0.1) is 0 Å². The number of ether oxygens (including phenoxy) is 17. The molecule has 45 nitrogen and oxygen atoms in total. The lowest BCUT2D eigenvalue weighted by Gasteiger charge is -2.53. The quantitative estimate of drug-likeness (QED) is 0.0427. The van der Waals surface area contributed by atoms with Gasteiger partial charge in [0.1, 0.15) is 201 Å². The maximum absolute atomic E-state index is 13.6. The van der Waals surface area contributed by atoms with Crippen LogP contribution in [-0.2, 0) is 90.1 Å². The van der Waals surface area contributed by atoms with E-state index in [1.165, 1.54) is 20.8 Å². The van der Waals surface area contributed by atoms with Crippen LogP contribution < -0.4 is 10.6 Å². The number of amides is 2. The number of aliphatic hydroxyl groups is 24. The van der Waals surface area contributed by atoms with Crippen molar-refractivity contribution < 1.29 is 213 Å². The Labute approximate surface area is 584 Å². The molecule has 9 fully saturated rings. The van der Waals surface area contributed by atoms with Crippen molar-refractivity contribution >= 4 is 11.8 Å². The van der Waals surface area contributed by atoms with Crippen LogP contribution in [-0.4, -0.2) is 450 Å². The van der Waals surface area contributed by atoms with Gasteiger partial charge in [-0.2, -0.15) is 0 Å². The molecule has 0 aromatic rings. The number of carbonyl (C=O) groups is 2. The Hall–Kier alpha value is -2.70. The lowest BCUT2D eigenvalue weighted by Crippen LogP contribution is -2.72. The third-order valence-electron chi connectivity index (χ3n) is 19.5. The van der Waals surface area contributed by atoms with Gasteiger partial charge in [0.15, 0.2) is 56.6 Å². The van der Waals surface area contributed by atoms with Crippen LogP contribution in [0.2, 0.25) is 0 Å². The van der Waals surface area contributed by atoms with E-state index >= 15 is 0 Å². The number of hydrogen-bond acceptors (Lipinski definition) is 43. The highest BCUT2D eigenvalue weighted by atomic mass is 16.8. The fraction of sp³-hybridized carbons (Fsp3) is 0.966. The summed E-state index contributed by atoms with van der Waals surface area (Å²) >= 11 is 0. The van der Waals surface area contributed by atoms with Gasteiger partial charge in [-0.15, -0.1) is 0 Å². The van der Waals surface area contributed by atoms with Gasteiger partial charge in [-0.3, -0.25) is 9.59 Å². The molecule has 9 saturated heterocycles. The Morgan fingerprint density at radius 1 is 0.252 bits per heavy atom. The summed E-state index contributed by atoms with van der Waals surface area (Å²) in [6.07, 6.45) is -85.9. The molecule has 45 heteroatoms. The molecule has 26 N–H and O–H groups in total. The molecule has 9 heterocycles. The van der Waals surface area contributed by atoms with E-state index in [1.807, 2.05) is 0 Å². The van der Waals surface area contributed by atoms with Crippen LogP contribution in [0.25, 0.3) is 0 Å². The van der Waals surface area contributed by atoms with Gasteiger partial charge in [0.2, 0.25) is 11.8 Å². The van der Waals surface area contributed by atoms with Crippen molar-refractivity contribution in [3.8, 4) is 0 Å². The second-order valence-corrected chi connectivity index (χ2v) is 26.6. The van der Waals surface area contributed by atoms with Gasteiger partial charge in [-0.25, -0.2) is 0 Å². The highest BCUT2D eigenvalue weighted by Crippen LogP contribution is 2.41. The molecule has 103 heavy (non-hydrogen) atoms. The number of hydrogen-bond donors (Lipinski definition) is 26. The molecule has 0 radical (unpaired) electrons. The monoisotopic (exact) mass is 1510 g/mol.